The minimum atomic E-state index is -0.691. The molecule has 6 heteroatoms. The van der Waals surface area contributed by atoms with Crippen LogP contribution >= 0.6 is 0 Å². The van der Waals surface area contributed by atoms with E-state index in [0.717, 1.165) is 5.56 Å². The van der Waals surface area contributed by atoms with Crippen molar-refractivity contribution in [3.05, 3.63) is 114 Å². The Morgan fingerprint density at radius 2 is 1.70 bits per heavy atom. The van der Waals surface area contributed by atoms with Gasteiger partial charge in [-0.15, -0.1) is 0 Å². The first kappa shape index (κ1) is 21.9. The number of hydrogen-bond donors (Lipinski definition) is 2. The monoisotopic (exact) mass is 440 g/mol. The number of methoxy groups -OCH3 is 1. The van der Waals surface area contributed by atoms with Gasteiger partial charge in [0.25, 0.3) is 0 Å². The number of carbonyl (C=O) groups excluding carboxylic acids is 2. The van der Waals surface area contributed by atoms with Gasteiger partial charge in [-0.3, -0.25) is 4.79 Å². The van der Waals surface area contributed by atoms with Gasteiger partial charge >= 0.3 is 6.03 Å². The van der Waals surface area contributed by atoms with Crippen molar-refractivity contribution in [1.29, 1.82) is 0 Å². The molecular formula is C27H24N2O4. The normalized spacial score (nSPS) is 15.3. The molecule has 1 aliphatic heterocycles. The fourth-order valence-corrected chi connectivity index (χ4v) is 3.77. The van der Waals surface area contributed by atoms with Gasteiger partial charge in [-0.25, -0.2) is 4.79 Å². The van der Waals surface area contributed by atoms with Crippen LogP contribution in [0.25, 0.3) is 5.70 Å². The smallest absolute Gasteiger partial charge is 0.320 e. The molecule has 1 aliphatic rings. The van der Waals surface area contributed by atoms with Crippen LogP contribution in [0.2, 0.25) is 0 Å². The van der Waals surface area contributed by atoms with Gasteiger partial charge in [0, 0.05) is 5.56 Å². The quantitative estimate of drug-likeness (QED) is 0.386. The van der Waals surface area contributed by atoms with Crippen molar-refractivity contribution in [2.24, 2.45) is 0 Å². The van der Waals surface area contributed by atoms with Gasteiger partial charge in [-0.1, -0.05) is 79.4 Å². The first-order chi connectivity index (χ1) is 16.1. The van der Waals surface area contributed by atoms with Crippen molar-refractivity contribution in [1.82, 2.24) is 10.6 Å². The van der Waals surface area contributed by atoms with Crippen LogP contribution in [0.3, 0.4) is 0 Å². The van der Waals surface area contributed by atoms with Gasteiger partial charge in [0.2, 0.25) is 0 Å². The number of ketones is 1. The van der Waals surface area contributed by atoms with Crippen LogP contribution < -0.4 is 20.1 Å². The Morgan fingerprint density at radius 3 is 2.36 bits per heavy atom. The van der Waals surface area contributed by atoms with Crippen LogP contribution in [0.1, 0.15) is 27.5 Å². The number of hydrogen-bond acceptors (Lipinski definition) is 4. The average molecular weight is 440 g/mol. The highest BCUT2D eigenvalue weighted by Gasteiger charge is 2.34. The second-order valence-electron chi connectivity index (χ2n) is 7.39. The van der Waals surface area contributed by atoms with Gasteiger partial charge in [0.15, 0.2) is 17.3 Å². The van der Waals surface area contributed by atoms with Gasteiger partial charge < -0.3 is 20.1 Å². The Morgan fingerprint density at radius 1 is 1.00 bits per heavy atom. The van der Waals surface area contributed by atoms with Crippen LogP contribution in [-0.4, -0.2) is 25.5 Å². The SMILES string of the molecule is C=CCOc1ccc([C@@H]2NC(=O)NC(c3ccccc3)=C2C(=O)c2ccccc2)cc1OC. The topological polar surface area (TPSA) is 76.7 Å². The van der Waals surface area contributed by atoms with Crippen molar-refractivity contribution >= 4 is 17.5 Å². The molecule has 0 aliphatic carbocycles. The summed E-state index contributed by atoms with van der Waals surface area (Å²) in [5.74, 6) is 0.859. The number of rotatable bonds is 8. The molecule has 0 fully saturated rings. The number of ether oxygens (including phenoxy) is 2. The Labute approximate surface area is 192 Å². The van der Waals surface area contributed by atoms with Crippen molar-refractivity contribution in [3.63, 3.8) is 0 Å². The van der Waals surface area contributed by atoms with Crippen LogP contribution in [-0.2, 0) is 0 Å². The van der Waals surface area contributed by atoms with Crippen LogP contribution in [0.5, 0.6) is 11.5 Å². The van der Waals surface area contributed by atoms with E-state index in [9.17, 15) is 9.59 Å². The van der Waals surface area contributed by atoms with Crippen molar-refractivity contribution in [2.45, 2.75) is 6.04 Å². The van der Waals surface area contributed by atoms with E-state index < -0.39 is 12.1 Å². The molecule has 0 saturated carbocycles. The van der Waals surface area contributed by atoms with Gasteiger partial charge in [0.05, 0.1) is 24.4 Å². The van der Waals surface area contributed by atoms with Crippen molar-refractivity contribution in [2.75, 3.05) is 13.7 Å². The van der Waals surface area contributed by atoms with Gasteiger partial charge in [-0.2, -0.15) is 0 Å². The maximum atomic E-state index is 13.7. The van der Waals surface area contributed by atoms with E-state index in [4.69, 9.17) is 9.47 Å². The summed E-state index contributed by atoms with van der Waals surface area (Å²) in [5.41, 5.74) is 2.88. The van der Waals surface area contributed by atoms with E-state index in [1.807, 2.05) is 54.6 Å². The number of amides is 2. The molecule has 2 N–H and O–H groups in total. The van der Waals surface area contributed by atoms with E-state index in [1.54, 1.807) is 37.5 Å². The molecule has 0 aromatic heterocycles. The highest BCUT2D eigenvalue weighted by molar-refractivity contribution is 6.16. The molecule has 33 heavy (non-hydrogen) atoms. The fraction of sp³-hybridized carbons (Fsp3) is 0.111. The Balaban J connectivity index is 1.87. The summed E-state index contributed by atoms with van der Waals surface area (Å²) < 4.78 is 11.2. The lowest BCUT2D eigenvalue weighted by Gasteiger charge is -2.30. The summed E-state index contributed by atoms with van der Waals surface area (Å²) in [5, 5.41) is 5.75. The molecule has 166 valence electrons. The van der Waals surface area contributed by atoms with Gasteiger partial charge in [0.1, 0.15) is 6.61 Å². The third-order valence-corrected chi connectivity index (χ3v) is 5.29. The third-order valence-electron chi connectivity index (χ3n) is 5.29. The Kier molecular flexibility index (Phi) is 6.55. The second kappa shape index (κ2) is 9.87. The number of Topliss-reactive ketones (excluding diaryl/α,β-unsaturated/α-hetero) is 1. The van der Waals surface area contributed by atoms with Gasteiger partial charge in [-0.05, 0) is 23.3 Å². The van der Waals surface area contributed by atoms with Crippen molar-refractivity contribution in [3.8, 4) is 11.5 Å². The summed E-state index contributed by atoms with van der Waals surface area (Å²) in [6.45, 7) is 3.99. The number of urea groups is 1. The lowest BCUT2D eigenvalue weighted by Crippen LogP contribution is -2.45. The molecule has 1 atom stereocenters. The minimum absolute atomic E-state index is 0.182. The standard InChI is InChI=1S/C27H24N2O4/c1-3-16-33-21-15-14-20(17-22(21)32-2)25-23(26(30)19-12-8-5-9-13-19)24(28-27(31)29-25)18-10-6-4-7-11-18/h3-15,17,25H,1,16H2,2H3,(H2,28,29,31)/t25-/m0/s1. The molecule has 0 radical (unpaired) electrons. The molecule has 3 aromatic carbocycles. The predicted octanol–water partition coefficient (Wildman–Crippen LogP) is 4.91. The minimum Gasteiger partial charge on any atom is -0.493 e. The summed E-state index contributed by atoms with van der Waals surface area (Å²) in [6, 6.07) is 22.6. The summed E-state index contributed by atoms with van der Waals surface area (Å²) >= 11 is 0. The maximum absolute atomic E-state index is 13.7. The van der Waals surface area contributed by atoms with E-state index in [0.29, 0.717) is 40.5 Å². The van der Waals surface area contributed by atoms with Crippen LogP contribution in [0.4, 0.5) is 4.79 Å². The zero-order valence-corrected chi connectivity index (χ0v) is 18.2. The highest BCUT2D eigenvalue weighted by atomic mass is 16.5. The van der Waals surface area contributed by atoms with E-state index >= 15 is 0 Å². The lowest BCUT2D eigenvalue weighted by atomic mass is 9.87. The van der Waals surface area contributed by atoms with Crippen LogP contribution in [0, 0.1) is 0 Å². The number of carbonyl (C=O) groups is 2. The first-order valence-corrected chi connectivity index (χ1v) is 10.5. The largest absolute Gasteiger partial charge is 0.493 e. The lowest BCUT2D eigenvalue weighted by molar-refractivity contribution is 0.102. The van der Waals surface area contributed by atoms with Crippen molar-refractivity contribution < 1.29 is 19.1 Å². The molecule has 2 amide bonds. The summed E-state index contributed by atoms with van der Waals surface area (Å²) in [6.07, 6.45) is 1.64. The molecule has 0 saturated heterocycles. The average Bonchev–Trinajstić information content (AvgIpc) is 2.87. The summed E-state index contributed by atoms with van der Waals surface area (Å²) in [4.78, 5) is 26.4. The first-order valence-electron chi connectivity index (χ1n) is 10.5. The molecule has 0 spiro atoms. The highest BCUT2D eigenvalue weighted by Crippen LogP contribution is 2.37. The number of benzene rings is 3. The fourth-order valence-electron chi connectivity index (χ4n) is 3.77. The van der Waals surface area contributed by atoms with E-state index in [1.165, 1.54) is 0 Å². The maximum Gasteiger partial charge on any atom is 0.320 e. The molecule has 0 unspecified atom stereocenters. The third kappa shape index (κ3) is 4.65. The molecule has 1 heterocycles. The van der Waals surface area contributed by atoms with Crippen LogP contribution in [0.15, 0.2) is 97.1 Å². The molecule has 4 rings (SSSR count). The second-order valence-corrected chi connectivity index (χ2v) is 7.39. The molecule has 0 bridgehead atoms. The summed E-state index contributed by atoms with van der Waals surface area (Å²) in [7, 11) is 1.54. The number of nitrogens with one attached hydrogen (secondary N) is 2. The Bertz CT molecular complexity index is 1200. The molecular weight excluding hydrogens is 416 g/mol. The van der Waals surface area contributed by atoms with E-state index in [-0.39, 0.29) is 5.78 Å². The van der Waals surface area contributed by atoms with E-state index in [2.05, 4.69) is 17.2 Å². The molecule has 6 nitrogen and oxygen atoms in total. The predicted molar refractivity (Wildman–Crippen MR) is 127 cm³/mol. The molecule has 3 aromatic rings. The zero-order valence-electron chi connectivity index (χ0n) is 18.2. The zero-order chi connectivity index (χ0) is 23.2. The Hall–Kier alpha value is -4.32.